The molecule has 232 valence electrons. The number of hydrogen-bond donors (Lipinski definition) is 2. The quantitative estimate of drug-likeness (QED) is 0.345. The Morgan fingerprint density at radius 3 is 1.20 bits per heavy atom. The zero-order chi connectivity index (χ0) is 31.1. The third-order valence-corrected chi connectivity index (χ3v) is 12.9. The van der Waals surface area contributed by atoms with Crippen LogP contribution in [0.5, 0.6) is 0 Å². The SMILES string of the molecule is CC(C)(c1ccc(C#CC23CC4CC(CC(C4)C2)C3)cc1C(=O)O)c1ccc(C#CC23CC4CC(CC(C4)C2)C3)cc1C(=O)O. The molecule has 2 aromatic rings. The van der Waals surface area contributed by atoms with Gasteiger partial charge in [0.05, 0.1) is 11.1 Å². The van der Waals surface area contributed by atoms with Crippen molar-refractivity contribution < 1.29 is 19.8 Å². The molecule has 4 nitrogen and oxygen atoms in total. The monoisotopic (exact) mass is 600 g/mol. The van der Waals surface area contributed by atoms with E-state index in [1.165, 1.54) is 77.0 Å². The minimum absolute atomic E-state index is 0.0901. The van der Waals surface area contributed by atoms with Crippen molar-refractivity contribution in [1.29, 1.82) is 0 Å². The second-order valence-electron chi connectivity index (χ2n) is 16.7. The van der Waals surface area contributed by atoms with Crippen LogP contribution < -0.4 is 0 Å². The van der Waals surface area contributed by atoms with E-state index in [-0.39, 0.29) is 22.0 Å². The number of rotatable bonds is 4. The molecule has 0 radical (unpaired) electrons. The van der Waals surface area contributed by atoms with E-state index in [2.05, 4.69) is 23.7 Å². The molecule has 0 atom stereocenters. The molecule has 8 bridgehead atoms. The molecule has 0 unspecified atom stereocenters. The second-order valence-corrected chi connectivity index (χ2v) is 16.7. The topological polar surface area (TPSA) is 74.6 Å². The molecule has 8 fully saturated rings. The largest absolute Gasteiger partial charge is 0.478 e. The summed E-state index contributed by atoms with van der Waals surface area (Å²) in [5, 5.41) is 20.6. The van der Waals surface area contributed by atoms with Gasteiger partial charge in [-0.3, -0.25) is 0 Å². The van der Waals surface area contributed by atoms with Gasteiger partial charge in [-0.25, -0.2) is 9.59 Å². The molecule has 0 spiro atoms. The average molecular weight is 601 g/mol. The predicted octanol–water partition coefficient (Wildman–Crippen LogP) is 8.54. The molecule has 2 aromatic carbocycles. The van der Waals surface area contributed by atoms with Crippen molar-refractivity contribution in [1.82, 2.24) is 0 Å². The highest BCUT2D eigenvalue weighted by molar-refractivity contribution is 5.93. The van der Waals surface area contributed by atoms with Crippen LogP contribution in [-0.4, -0.2) is 22.2 Å². The Labute approximate surface area is 267 Å². The third kappa shape index (κ3) is 5.10. The van der Waals surface area contributed by atoms with E-state index in [0.29, 0.717) is 11.1 Å². The number of carboxylic acid groups (broad SMARTS) is 2. The Bertz CT molecular complexity index is 1520. The highest BCUT2D eigenvalue weighted by Gasteiger charge is 2.51. The first-order chi connectivity index (χ1) is 21.5. The standard InChI is InChI=1S/C41H44O4/c1-39(2,35-5-3-25(17-33(35)37(42)43)7-9-40-19-27-11-28(20-40)13-29(12-27)21-40)36-6-4-26(18-34(36)38(44)45)8-10-41-22-30-14-31(23-41)16-32(15-30)24-41/h3-6,17-18,27-32H,11-16,19-24H2,1-2H3,(H,42,43)(H,44,45). The molecule has 0 aliphatic heterocycles. The maximum absolute atomic E-state index is 12.6. The highest BCUT2D eigenvalue weighted by atomic mass is 16.4. The van der Waals surface area contributed by atoms with Crippen molar-refractivity contribution >= 4 is 11.9 Å². The predicted molar refractivity (Wildman–Crippen MR) is 174 cm³/mol. The molecule has 8 aliphatic carbocycles. The summed E-state index contributed by atoms with van der Waals surface area (Å²) >= 11 is 0. The summed E-state index contributed by atoms with van der Waals surface area (Å²) in [7, 11) is 0. The van der Waals surface area contributed by atoms with Crippen molar-refractivity contribution in [2.24, 2.45) is 46.3 Å². The summed E-state index contributed by atoms with van der Waals surface area (Å²) in [6.07, 6.45) is 15.3. The molecule has 0 saturated heterocycles. The van der Waals surface area contributed by atoms with E-state index in [1.807, 2.05) is 38.1 Å². The van der Waals surface area contributed by atoms with Crippen LogP contribution in [0.3, 0.4) is 0 Å². The fourth-order valence-electron chi connectivity index (χ4n) is 11.8. The number of carboxylic acids is 2. The third-order valence-electron chi connectivity index (χ3n) is 12.9. The van der Waals surface area contributed by atoms with E-state index >= 15 is 0 Å². The summed E-state index contributed by atoms with van der Waals surface area (Å²) in [6.45, 7) is 3.83. The Kier molecular flexibility index (Phi) is 6.59. The van der Waals surface area contributed by atoms with Crippen molar-refractivity contribution in [2.75, 3.05) is 0 Å². The lowest BCUT2D eigenvalue weighted by Crippen LogP contribution is -2.45. The van der Waals surface area contributed by atoms with Crippen molar-refractivity contribution in [3.8, 4) is 23.7 Å². The van der Waals surface area contributed by atoms with Gasteiger partial charge in [0.25, 0.3) is 0 Å². The first kappa shape index (κ1) is 28.9. The first-order valence-corrected chi connectivity index (χ1v) is 17.3. The van der Waals surface area contributed by atoms with Crippen LogP contribution in [-0.2, 0) is 5.41 Å². The van der Waals surface area contributed by atoms with Crippen molar-refractivity contribution in [2.45, 2.75) is 96.3 Å². The smallest absolute Gasteiger partial charge is 0.336 e. The van der Waals surface area contributed by atoms with Gasteiger partial charge in [-0.15, -0.1) is 0 Å². The summed E-state index contributed by atoms with van der Waals surface area (Å²) in [6, 6.07) is 10.9. The maximum atomic E-state index is 12.6. The lowest BCUT2D eigenvalue weighted by Gasteiger charge is -2.54. The zero-order valence-electron chi connectivity index (χ0n) is 26.6. The molecule has 10 rings (SSSR count). The Morgan fingerprint density at radius 2 is 0.911 bits per heavy atom. The van der Waals surface area contributed by atoms with Gasteiger partial charge in [-0.2, -0.15) is 0 Å². The number of aromatic carboxylic acids is 2. The van der Waals surface area contributed by atoms with Crippen molar-refractivity contribution in [3.05, 3.63) is 69.8 Å². The fourth-order valence-corrected chi connectivity index (χ4v) is 11.8. The first-order valence-electron chi connectivity index (χ1n) is 17.3. The average Bonchev–Trinajstić information content (AvgIpc) is 2.97. The molecule has 8 aliphatic rings. The van der Waals surface area contributed by atoms with Crippen LogP contribution in [0.1, 0.15) is 134 Å². The van der Waals surface area contributed by atoms with Gasteiger partial charge in [0, 0.05) is 27.4 Å². The van der Waals surface area contributed by atoms with Gasteiger partial charge in [0.15, 0.2) is 0 Å². The molecule has 2 N–H and O–H groups in total. The summed E-state index contributed by atoms with van der Waals surface area (Å²) in [5.74, 6) is 16.9. The molecule has 8 saturated carbocycles. The van der Waals surface area contributed by atoms with E-state index in [0.717, 1.165) is 46.6 Å². The van der Waals surface area contributed by atoms with Crippen LogP contribution in [0.15, 0.2) is 36.4 Å². The second kappa shape index (κ2) is 10.3. The van der Waals surface area contributed by atoms with Gasteiger partial charge in [0.2, 0.25) is 0 Å². The molecule has 0 heterocycles. The van der Waals surface area contributed by atoms with Gasteiger partial charge in [0.1, 0.15) is 0 Å². The Morgan fingerprint density at radius 1 is 0.600 bits per heavy atom. The molecule has 45 heavy (non-hydrogen) atoms. The van der Waals surface area contributed by atoms with Gasteiger partial charge >= 0.3 is 11.9 Å². The minimum atomic E-state index is -1.02. The van der Waals surface area contributed by atoms with E-state index < -0.39 is 17.4 Å². The molecule has 4 heteroatoms. The molecule has 0 amide bonds. The fraction of sp³-hybridized carbons (Fsp3) is 0.561. The maximum Gasteiger partial charge on any atom is 0.336 e. The van der Waals surface area contributed by atoms with Gasteiger partial charge in [-0.1, -0.05) is 49.7 Å². The molecule has 0 aromatic heterocycles. The summed E-state index contributed by atoms with van der Waals surface area (Å²) in [4.78, 5) is 25.2. The summed E-state index contributed by atoms with van der Waals surface area (Å²) in [5.41, 5.74) is 2.29. The van der Waals surface area contributed by atoms with Crippen LogP contribution in [0, 0.1) is 70.0 Å². The Balaban J connectivity index is 1.09. The van der Waals surface area contributed by atoms with Crippen LogP contribution in [0.2, 0.25) is 0 Å². The highest BCUT2D eigenvalue weighted by Crippen LogP contribution is 2.61. The van der Waals surface area contributed by atoms with Crippen LogP contribution in [0.25, 0.3) is 0 Å². The lowest BCUT2D eigenvalue weighted by molar-refractivity contribution is -0.0182. The summed E-state index contributed by atoms with van der Waals surface area (Å²) < 4.78 is 0. The van der Waals surface area contributed by atoms with Crippen LogP contribution >= 0.6 is 0 Å². The van der Waals surface area contributed by atoms with Crippen LogP contribution in [0.4, 0.5) is 0 Å². The minimum Gasteiger partial charge on any atom is -0.478 e. The van der Waals surface area contributed by atoms with Gasteiger partial charge in [-0.05, 0) is 148 Å². The molecular formula is C41H44O4. The number of carbonyl (C=O) groups is 2. The van der Waals surface area contributed by atoms with E-state index in [1.54, 1.807) is 12.1 Å². The molecular weight excluding hydrogens is 556 g/mol. The number of hydrogen-bond acceptors (Lipinski definition) is 2. The Hall–Kier alpha value is -3.50. The van der Waals surface area contributed by atoms with E-state index in [4.69, 9.17) is 0 Å². The number of benzene rings is 2. The van der Waals surface area contributed by atoms with Gasteiger partial charge < -0.3 is 10.2 Å². The normalized spacial score (nSPS) is 35.3. The zero-order valence-corrected chi connectivity index (χ0v) is 26.6. The van der Waals surface area contributed by atoms with E-state index in [9.17, 15) is 19.8 Å². The van der Waals surface area contributed by atoms with Crippen molar-refractivity contribution in [3.63, 3.8) is 0 Å². The lowest BCUT2D eigenvalue weighted by atomic mass is 9.50.